The van der Waals surface area contributed by atoms with Gasteiger partial charge in [0.2, 0.25) is 0 Å². The topological polar surface area (TPSA) is 67.8 Å². The van der Waals surface area contributed by atoms with Gasteiger partial charge in [0.1, 0.15) is 5.01 Å². The molecule has 0 aliphatic carbocycles. The molecule has 1 aromatic carbocycles. The third-order valence-electron chi connectivity index (χ3n) is 4.09. The largest absolute Gasteiger partial charge is 0.379 e. The van der Waals surface area contributed by atoms with Crippen LogP contribution in [0.25, 0.3) is 10.6 Å². The molecule has 1 atom stereocenters. The van der Waals surface area contributed by atoms with Crippen molar-refractivity contribution >= 4 is 17.3 Å². The summed E-state index contributed by atoms with van der Waals surface area (Å²) in [4.78, 5) is 8.93. The molecule has 3 rings (SSSR count). The lowest BCUT2D eigenvalue weighted by Gasteiger charge is -2.12. The zero-order chi connectivity index (χ0) is 18.0. The Balaban J connectivity index is 1.35. The molecule has 26 heavy (non-hydrogen) atoms. The van der Waals surface area contributed by atoms with E-state index in [1.54, 1.807) is 18.4 Å². The maximum atomic E-state index is 5.76. The number of aromatic nitrogens is 1. The fourth-order valence-electron chi connectivity index (χ4n) is 2.67. The normalized spacial score (nSPS) is 17.4. The highest BCUT2D eigenvalue weighted by molar-refractivity contribution is 7.13. The Morgan fingerprint density at radius 3 is 3.00 bits per heavy atom. The minimum atomic E-state index is 0.274. The van der Waals surface area contributed by atoms with Crippen molar-refractivity contribution in [3.63, 3.8) is 0 Å². The highest BCUT2D eigenvalue weighted by Crippen LogP contribution is 2.23. The number of benzene rings is 1. The molecule has 140 valence electrons. The summed E-state index contributed by atoms with van der Waals surface area (Å²) in [6.07, 6.45) is 2.22. The molecule has 1 saturated heterocycles. The van der Waals surface area contributed by atoms with Gasteiger partial charge in [-0.15, -0.1) is 11.3 Å². The van der Waals surface area contributed by atoms with Gasteiger partial charge < -0.3 is 20.1 Å². The molecule has 1 aliphatic rings. The van der Waals surface area contributed by atoms with Crippen LogP contribution in [0.15, 0.2) is 40.7 Å². The minimum Gasteiger partial charge on any atom is -0.379 e. The lowest BCUT2D eigenvalue weighted by atomic mass is 10.2. The minimum absolute atomic E-state index is 0.274. The maximum absolute atomic E-state index is 5.76. The average Bonchev–Trinajstić information content (AvgIpc) is 3.36. The van der Waals surface area contributed by atoms with Gasteiger partial charge in [-0.2, -0.15) is 0 Å². The smallest absolute Gasteiger partial charge is 0.191 e. The molecule has 0 spiro atoms. The van der Waals surface area contributed by atoms with Gasteiger partial charge >= 0.3 is 0 Å². The number of aliphatic imine (C=N–C) groups is 1. The van der Waals surface area contributed by atoms with Gasteiger partial charge in [0.05, 0.1) is 24.9 Å². The van der Waals surface area contributed by atoms with E-state index in [4.69, 9.17) is 9.47 Å². The molecular weight excluding hydrogens is 348 g/mol. The summed E-state index contributed by atoms with van der Waals surface area (Å²) < 4.78 is 11.1. The summed E-state index contributed by atoms with van der Waals surface area (Å²) >= 11 is 1.66. The van der Waals surface area contributed by atoms with Crippen LogP contribution in [0.1, 0.15) is 18.5 Å². The summed E-state index contributed by atoms with van der Waals surface area (Å²) in [5.74, 6) is 0.781. The van der Waals surface area contributed by atoms with E-state index in [2.05, 4.69) is 38.1 Å². The van der Waals surface area contributed by atoms with Crippen LogP contribution in [0.2, 0.25) is 0 Å². The molecule has 0 amide bonds. The van der Waals surface area contributed by atoms with E-state index in [0.29, 0.717) is 6.54 Å². The first-order valence-corrected chi connectivity index (χ1v) is 9.87. The number of hydrogen-bond donors (Lipinski definition) is 2. The molecule has 1 fully saturated rings. The molecule has 0 bridgehead atoms. The average molecular weight is 375 g/mol. The van der Waals surface area contributed by atoms with Crippen LogP contribution in [-0.4, -0.2) is 50.5 Å². The van der Waals surface area contributed by atoms with E-state index in [1.807, 2.05) is 18.2 Å². The first kappa shape index (κ1) is 18.8. The van der Waals surface area contributed by atoms with Crippen molar-refractivity contribution in [1.29, 1.82) is 0 Å². The Hall–Kier alpha value is -1.96. The van der Waals surface area contributed by atoms with Gasteiger partial charge in [-0.1, -0.05) is 30.3 Å². The molecule has 2 heterocycles. The third-order valence-corrected chi connectivity index (χ3v) is 5.03. The van der Waals surface area contributed by atoms with E-state index in [9.17, 15) is 0 Å². The molecule has 2 aromatic rings. The van der Waals surface area contributed by atoms with Crippen molar-refractivity contribution in [2.75, 3.05) is 33.4 Å². The fourth-order valence-corrected chi connectivity index (χ4v) is 3.50. The monoisotopic (exact) mass is 374 g/mol. The van der Waals surface area contributed by atoms with E-state index in [1.165, 1.54) is 0 Å². The van der Waals surface area contributed by atoms with Crippen molar-refractivity contribution < 1.29 is 9.47 Å². The van der Waals surface area contributed by atoms with Crippen LogP contribution in [0.5, 0.6) is 0 Å². The summed E-state index contributed by atoms with van der Waals surface area (Å²) in [5, 5.41) is 9.74. The molecule has 0 radical (unpaired) electrons. The van der Waals surface area contributed by atoms with Crippen molar-refractivity contribution in [2.45, 2.75) is 25.5 Å². The molecule has 1 unspecified atom stereocenters. The molecule has 1 aromatic heterocycles. The Bertz CT molecular complexity index is 684. The molecule has 1 aliphatic heterocycles. The number of rotatable bonds is 8. The second kappa shape index (κ2) is 10.3. The Morgan fingerprint density at radius 1 is 1.35 bits per heavy atom. The van der Waals surface area contributed by atoms with E-state index in [0.717, 1.165) is 61.4 Å². The number of nitrogens with one attached hydrogen (secondary N) is 2. The van der Waals surface area contributed by atoms with Gasteiger partial charge in [0, 0.05) is 37.7 Å². The van der Waals surface area contributed by atoms with Crippen LogP contribution in [0, 0.1) is 0 Å². The number of hydrogen-bond acceptors (Lipinski definition) is 5. The second-order valence-corrected chi connectivity index (χ2v) is 6.93. The zero-order valence-electron chi connectivity index (χ0n) is 15.1. The van der Waals surface area contributed by atoms with Gasteiger partial charge in [-0.3, -0.25) is 4.99 Å². The number of nitrogens with zero attached hydrogens (tertiary/aromatic N) is 2. The Labute approximate surface area is 158 Å². The van der Waals surface area contributed by atoms with Crippen molar-refractivity contribution in [1.82, 2.24) is 15.6 Å². The molecule has 0 saturated carbocycles. The van der Waals surface area contributed by atoms with Crippen molar-refractivity contribution in [3.05, 3.63) is 41.4 Å². The molecule has 6 nitrogen and oxygen atoms in total. The molecule has 2 N–H and O–H groups in total. The standard InChI is InChI=1S/C19H26N4O2S/c1-20-19(21-9-5-10-25-17-8-11-24-13-17)22-12-16-14-26-18(23-16)15-6-3-2-4-7-15/h2-4,6-7,14,17H,5,8-13H2,1H3,(H2,20,21,22). The lowest BCUT2D eigenvalue weighted by molar-refractivity contribution is 0.0420. The van der Waals surface area contributed by atoms with Gasteiger partial charge in [-0.05, 0) is 12.8 Å². The van der Waals surface area contributed by atoms with E-state index >= 15 is 0 Å². The predicted molar refractivity (Wildman–Crippen MR) is 106 cm³/mol. The highest BCUT2D eigenvalue weighted by Gasteiger charge is 2.15. The summed E-state index contributed by atoms with van der Waals surface area (Å²) in [6, 6.07) is 10.2. The van der Waals surface area contributed by atoms with Gasteiger partial charge in [-0.25, -0.2) is 4.98 Å². The van der Waals surface area contributed by atoms with Crippen LogP contribution in [0.3, 0.4) is 0 Å². The first-order chi connectivity index (χ1) is 12.8. The molecule has 7 heteroatoms. The SMILES string of the molecule is CN=C(NCCCOC1CCOC1)NCc1csc(-c2ccccc2)n1. The third kappa shape index (κ3) is 5.79. The number of thiazole rings is 1. The van der Waals surface area contributed by atoms with E-state index < -0.39 is 0 Å². The Kier molecular flexibility index (Phi) is 7.42. The van der Waals surface area contributed by atoms with Gasteiger partial charge in [0.15, 0.2) is 5.96 Å². The highest BCUT2D eigenvalue weighted by atomic mass is 32.1. The maximum Gasteiger partial charge on any atom is 0.191 e. The van der Waals surface area contributed by atoms with Crippen molar-refractivity contribution in [3.8, 4) is 10.6 Å². The predicted octanol–water partition coefficient (Wildman–Crippen LogP) is 2.67. The summed E-state index contributed by atoms with van der Waals surface area (Å²) in [7, 11) is 1.78. The quantitative estimate of drug-likeness (QED) is 0.422. The number of guanidine groups is 1. The van der Waals surface area contributed by atoms with Crippen LogP contribution in [-0.2, 0) is 16.0 Å². The van der Waals surface area contributed by atoms with Crippen LogP contribution < -0.4 is 10.6 Å². The second-order valence-electron chi connectivity index (χ2n) is 6.07. The number of ether oxygens (including phenoxy) is 2. The van der Waals surface area contributed by atoms with Gasteiger partial charge in [0.25, 0.3) is 0 Å². The Morgan fingerprint density at radius 2 is 2.23 bits per heavy atom. The first-order valence-electron chi connectivity index (χ1n) is 8.99. The fraction of sp³-hybridized carbons (Fsp3) is 0.474. The molecular formula is C19H26N4O2S. The zero-order valence-corrected chi connectivity index (χ0v) is 15.9. The summed E-state index contributed by atoms with van der Waals surface area (Å²) in [6.45, 7) is 3.76. The van der Waals surface area contributed by atoms with Crippen molar-refractivity contribution in [2.24, 2.45) is 4.99 Å². The van der Waals surface area contributed by atoms with Crippen LogP contribution >= 0.6 is 11.3 Å². The lowest BCUT2D eigenvalue weighted by Crippen LogP contribution is -2.37. The van der Waals surface area contributed by atoms with E-state index in [-0.39, 0.29) is 6.10 Å². The van der Waals surface area contributed by atoms with Crippen LogP contribution in [0.4, 0.5) is 0 Å². The summed E-state index contributed by atoms with van der Waals surface area (Å²) in [5.41, 5.74) is 2.17.